The average molecular weight is 503 g/mol. The Kier molecular flexibility index (Phi) is 8.05. The Balaban J connectivity index is 1.66. The minimum absolute atomic E-state index is 0.0312. The Bertz CT molecular complexity index is 1100. The molecule has 1 N–H and O–H groups in total. The van der Waals surface area contributed by atoms with Gasteiger partial charge >= 0.3 is 6.36 Å². The fraction of sp³-hybridized carbons (Fsp3) is 0.409. The molecule has 1 saturated heterocycles. The number of rotatable bonds is 8. The summed E-state index contributed by atoms with van der Waals surface area (Å²) in [5.41, 5.74) is 0.0312. The molecule has 0 aliphatic carbocycles. The van der Waals surface area contributed by atoms with Gasteiger partial charge in [0.2, 0.25) is 10.0 Å². The van der Waals surface area contributed by atoms with Crippen molar-refractivity contribution in [1.82, 2.24) is 9.21 Å². The van der Waals surface area contributed by atoms with Gasteiger partial charge in [-0.15, -0.1) is 13.2 Å². The van der Waals surface area contributed by atoms with Crippen LogP contribution in [0.3, 0.4) is 0 Å². The maximum atomic E-state index is 13.1. The summed E-state index contributed by atoms with van der Waals surface area (Å²) in [6, 6.07) is 11.1. The summed E-state index contributed by atoms with van der Waals surface area (Å²) in [7, 11) is -2.65. The van der Waals surface area contributed by atoms with Crippen LogP contribution < -0.4 is 9.47 Å². The van der Waals surface area contributed by atoms with Gasteiger partial charge in [-0.25, -0.2) is 8.42 Å². The van der Waals surface area contributed by atoms with Crippen molar-refractivity contribution in [2.24, 2.45) is 0 Å². The molecule has 1 fully saturated rings. The third kappa shape index (κ3) is 6.39. The first-order valence-electron chi connectivity index (χ1n) is 10.5. The number of hydrogen-bond acceptors (Lipinski definition) is 6. The molecule has 0 spiro atoms. The Hall–Kier alpha value is -2.83. The van der Waals surface area contributed by atoms with Gasteiger partial charge in [-0.3, -0.25) is 4.79 Å². The first-order chi connectivity index (χ1) is 16.0. The topological polar surface area (TPSA) is 96.4 Å². The van der Waals surface area contributed by atoms with Gasteiger partial charge in [0.15, 0.2) is 0 Å². The molecular formula is C22H25F3N2O6S. The van der Waals surface area contributed by atoms with Gasteiger partial charge in [0, 0.05) is 45.6 Å². The summed E-state index contributed by atoms with van der Waals surface area (Å²) in [4.78, 5) is 14.5. The van der Waals surface area contributed by atoms with E-state index in [1.165, 1.54) is 48.3 Å². The zero-order valence-corrected chi connectivity index (χ0v) is 19.2. The van der Waals surface area contributed by atoms with Crippen molar-refractivity contribution in [3.8, 4) is 11.5 Å². The number of alkyl halides is 3. The summed E-state index contributed by atoms with van der Waals surface area (Å²) in [5, 5.41) is 9.07. The predicted molar refractivity (Wildman–Crippen MR) is 116 cm³/mol. The molecule has 1 aliphatic rings. The summed E-state index contributed by atoms with van der Waals surface area (Å²) in [6.45, 7) is 0.0968. The molecule has 0 atom stereocenters. The maximum Gasteiger partial charge on any atom is 0.573 e. The maximum absolute atomic E-state index is 13.1. The van der Waals surface area contributed by atoms with Crippen LogP contribution in [0.4, 0.5) is 13.2 Å². The van der Waals surface area contributed by atoms with Gasteiger partial charge in [-0.1, -0.05) is 18.2 Å². The van der Waals surface area contributed by atoms with Gasteiger partial charge in [0.1, 0.15) is 17.6 Å². The molecule has 0 radical (unpaired) electrons. The number of piperidine rings is 1. The number of sulfonamides is 1. The average Bonchev–Trinajstić information content (AvgIpc) is 2.78. The van der Waals surface area contributed by atoms with Crippen molar-refractivity contribution in [3.05, 3.63) is 54.1 Å². The highest BCUT2D eigenvalue weighted by atomic mass is 32.2. The number of halogens is 3. The van der Waals surface area contributed by atoms with Crippen molar-refractivity contribution in [1.29, 1.82) is 0 Å². The van der Waals surface area contributed by atoms with Crippen molar-refractivity contribution in [2.45, 2.75) is 30.2 Å². The van der Waals surface area contributed by atoms with Crippen LogP contribution in [-0.4, -0.2) is 74.4 Å². The molecule has 0 unspecified atom stereocenters. The number of likely N-dealkylation sites (tertiary alicyclic amines) is 1. The van der Waals surface area contributed by atoms with E-state index in [4.69, 9.17) is 9.84 Å². The minimum Gasteiger partial charge on any atom is -0.490 e. The standard InChI is InChI=1S/C22H25F3N2O6S/c1-26(13-14-28)34(30,31)20-8-3-2-7-19(20)21(29)27-11-9-16(10-12-27)32-17-5-4-6-18(15-17)33-22(23,24)25/h2-8,15-16,28H,9-14H2,1H3. The quantitative estimate of drug-likeness (QED) is 0.597. The highest BCUT2D eigenvalue weighted by molar-refractivity contribution is 7.89. The number of carbonyl (C=O) groups excluding carboxylic acids is 1. The van der Waals surface area contributed by atoms with E-state index in [1.807, 2.05) is 0 Å². The molecule has 8 nitrogen and oxygen atoms in total. The molecule has 2 aromatic rings. The van der Waals surface area contributed by atoms with E-state index in [0.717, 1.165) is 10.4 Å². The Labute approximate surface area is 195 Å². The van der Waals surface area contributed by atoms with Gasteiger partial charge in [0.05, 0.1) is 17.1 Å². The second-order valence-electron chi connectivity index (χ2n) is 7.68. The van der Waals surface area contributed by atoms with Crippen molar-refractivity contribution in [3.63, 3.8) is 0 Å². The van der Waals surface area contributed by atoms with E-state index in [-0.39, 0.29) is 54.3 Å². The summed E-state index contributed by atoms with van der Waals surface area (Å²) in [5.74, 6) is -0.618. The molecule has 1 heterocycles. The third-order valence-corrected chi connectivity index (χ3v) is 7.21. The van der Waals surface area contributed by atoms with Gasteiger partial charge < -0.3 is 19.5 Å². The van der Waals surface area contributed by atoms with E-state index in [9.17, 15) is 26.4 Å². The predicted octanol–water partition coefficient (Wildman–Crippen LogP) is 2.88. The molecule has 0 bridgehead atoms. The number of benzene rings is 2. The number of aliphatic hydroxyl groups is 1. The highest BCUT2D eigenvalue weighted by Gasteiger charge is 2.32. The number of likely N-dealkylation sites (N-methyl/N-ethyl adjacent to an activating group) is 1. The molecule has 0 saturated carbocycles. The molecule has 0 aromatic heterocycles. The van der Waals surface area contributed by atoms with Crippen LogP contribution in [0.15, 0.2) is 53.4 Å². The van der Waals surface area contributed by atoms with Crippen LogP contribution in [0.5, 0.6) is 11.5 Å². The number of hydrogen-bond donors (Lipinski definition) is 1. The zero-order chi connectivity index (χ0) is 24.9. The summed E-state index contributed by atoms with van der Waals surface area (Å²) >= 11 is 0. The summed E-state index contributed by atoms with van der Waals surface area (Å²) < 4.78 is 73.6. The fourth-order valence-electron chi connectivity index (χ4n) is 3.58. The molecular weight excluding hydrogens is 477 g/mol. The number of ether oxygens (including phenoxy) is 2. The molecule has 2 aromatic carbocycles. The van der Waals surface area contributed by atoms with Crippen molar-refractivity contribution in [2.75, 3.05) is 33.3 Å². The lowest BCUT2D eigenvalue weighted by Crippen LogP contribution is -2.42. The normalized spacial score (nSPS) is 15.4. The zero-order valence-electron chi connectivity index (χ0n) is 18.4. The van der Waals surface area contributed by atoms with E-state index >= 15 is 0 Å². The van der Waals surface area contributed by atoms with Gasteiger partial charge in [-0.2, -0.15) is 4.31 Å². The Morgan fingerprint density at radius 1 is 1.12 bits per heavy atom. The molecule has 186 valence electrons. The van der Waals surface area contributed by atoms with Crippen LogP contribution in [0.1, 0.15) is 23.2 Å². The lowest BCUT2D eigenvalue weighted by molar-refractivity contribution is -0.274. The van der Waals surface area contributed by atoms with Crippen molar-refractivity contribution < 1.29 is 41.0 Å². The lowest BCUT2D eigenvalue weighted by Gasteiger charge is -2.32. The second kappa shape index (κ2) is 10.6. The van der Waals surface area contributed by atoms with Crippen LogP contribution in [0.25, 0.3) is 0 Å². The highest BCUT2D eigenvalue weighted by Crippen LogP contribution is 2.28. The third-order valence-electron chi connectivity index (χ3n) is 5.29. The number of carbonyl (C=O) groups is 1. The molecule has 3 rings (SSSR count). The number of aliphatic hydroxyl groups excluding tert-OH is 1. The second-order valence-corrected chi connectivity index (χ2v) is 9.69. The van der Waals surface area contributed by atoms with Crippen LogP contribution in [-0.2, 0) is 10.0 Å². The number of amides is 1. The van der Waals surface area contributed by atoms with E-state index in [1.54, 1.807) is 6.07 Å². The van der Waals surface area contributed by atoms with Gasteiger partial charge in [0.25, 0.3) is 5.91 Å². The van der Waals surface area contributed by atoms with E-state index < -0.39 is 22.3 Å². The first kappa shape index (κ1) is 25.8. The van der Waals surface area contributed by atoms with Crippen molar-refractivity contribution >= 4 is 15.9 Å². The number of nitrogens with zero attached hydrogens (tertiary/aromatic N) is 2. The SMILES string of the molecule is CN(CCO)S(=O)(=O)c1ccccc1C(=O)N1CCC(Oc2cccc(OC(F)(F)F)c2)CC1. The lowest BCUT2D eigenvalue weighted by atomic mass is 10.1. The van der Waals surface area contributed by atoms with E-state index in [2.05, 4.69) is 4.74 Å². The monoisotopic (exact) mass is 502 g/mol. The Morgan fingerprint density at radius 2 is 1.76 bits per heavy atom. The molecule has 34 heavy (non-hydrogen) atoms. The van der Waals surface area contributed by atoms with E-state index in [0.29, 0.717) is 12.8 Å². The van der Waals surface area contributed by atoms with Crippen LogP contribution in [0, 0.1) is 0 Å². The first-order valence-corrected chi connectivity index (χ1v) is 11.9. The fourth-order valence-corrected chi connectivity index (χ4v) is 4.92. The molecule has 12 heteroatoms. The molecule has 1 amide bonds. The van der Waals surface area contributed by atoms with Crippen LogP contribution in [0.2, 0.25) is 0 Å². The Morgan fingerprint density at radius 3 is 2.41 bits per heavy atom. The summed E-state index contributed by atoms with van der Waals surface area (Å²) in [6.07, 6.45) is -4.31. The molecule has 1 aliphatic heterocycles. The largest absolute Gasteiger partial charge is 0.573 e. The van der Waals surface area contributed by atoms with Gasteiger partial charge in [-0.05, 0) is 24.3 Å². The minimum atomic E-state index is -4.80. The smallest absolute Gasteiger partial charge is 0.490 e. The van der Waals surface area contributed by atoms with Crippen LogP contribution >= 0.6 is 0 Å².